The molecule has 3 rings (SSSR count). The summed E-state index contributed by atoms with van der Waals surface area (Å²) in [4.78, 5) is 28.5. The number of halogens is 3. The highest BCUT2D eigenvalue weighted by Gasteiger charge is 2.38. The third-order valence-electron chi connectivity index (χ3n) is 5.70. The van der Waals surface area contributed by atoms with Crippen LogP contribution in [0.4, 0.5) is 13.2 Å². The van der Waals surface area contributed by atoms with E-state index in [4.69, 9.17) is 5.73 Å². The third-order valence-corrected chi connectivity index (χ3v) is 5.70. The largest absolute Gasteiger partial charge is 0.416 e. The van der Waals surface area contributed by atoms with Gasteiger partial charge in [-0.15, -0.1) is 0 Å². The van der Waals surface area contributed by atoms with E-state index in [0.717, 1.165) is 25.0 Å². The zero-order chi connectivity index (χ0) is 20.5. The molecule has 0 bridgehead atoms. The maximum absolute atomic E-state index is 12.9. The van der Waals surface area contributed by atoms with Gasteiger partial charge in [-0.1, -0.05) is 12.1 Å². The second-order valence-corrected chi connectivity index (χ2v) is 7.92. The third kappa shape index (κ3) is 4.66. The summed E-state index contributed by atoms with van der Waals surface area (Å²) in [7, 11) is 0. The minimum absolute atomic E-state index is 0.0122. The van der Waals surface area contributed by atoms with E-state index in [1.54, 1.807) is 11.0 Å². The fourth-order valence-corrected chi connectivity index (χ4v) is 4.05. The molecule has 0 radical (unpaired) electrons. The number of piperidine rings is 1. The number of carbonyl (C=O) groups excluding carboxylic acids is 2. The first-order valence-corrected chi connectivity index (χ1v) is 9.63. The summed E-state index contributed by atoms with van der Waals surface area (Å²) in [5.74, 6) is -0.428. The van der Waals surface area contributed by atoms with Gasteiger partial charge in [0.05, 0.1) is 11.5 Å². The minimum Gasteiger partial charge on any atom is -0.342 e. The molecular weight excluding hydrogens is 371 g/mol. The summed E-state index contributed by atoms with van der Waals surface area (Å²) in [6, 6.07) is 4.98. The molecule has 5 nitrogen and oxygen atoms in total. The zero-order valence-corrected chi connectivity index (χ0v) is 15.9. The van der Waals surface area contributed by atoms with Gasteiger partial charge in [0, 0.05) is 38.6 Å². The molecule has 2 aliphatic rings. The van der Waals surface area contributed by atoms with Crippen molar-refractivity contribution < 1.29 is 22.8 Å². The predicted molar refractivity (Wildman–Crippen MR) is 97.9 cm³/mol. The molecule has 2 heterocycles. The lowest BCUT2D eigenvalue weighted by atomic mass is 9.91. The molecule has 28 heavy (non-hydrogen) atoms. The molecule has 0 saturated carbocycles. The van der Waals surface area contributed by atoms with E-state index in [1.807, 2.05) is 6.92 Å². The molecule has 3 atom stereocenters. The first kappa shape index (κ1) is 20.6. The molecule has 1 aromatic rings. The minimum atomic E-state index is -4.42. The molecule has 1 aromatic carbocycles. The van der Waals surface area contributed by atoms with Crippen molar-refractivity contribution in [2.75, 3.05) is 19.6 Å². The van der Waals surface area contributed by atoms with Gasteiger partial charge in [0.1, 0.15) is 0 Å². The quantitative estimate of drug-likeness (QED) is 0.850. The van der Waals surface area contributed by atoms with E-state index in [-0.39, 0.29) is 43.3 Å². The van der Waals surface area contributed by atoms with Gasteiger partial charge in [-0.05, 0) is 43.4 Å². The van der Waals surface area contributed by atoms with Gasteiger partial charge >= 0.3 is 6.18 Å². The van der Waals surface area contributed by atoms with Crippen LogP contribution in [0, 0.1) is 11.8 Å². The number of likely N-dealkylation sites (tertiary alicyclic amines) is 2. The molecule has 2 fully saturated rings. The van der Waals surface area contributed by atoms with Gasteiger partial charge in [-0.25, -0.2) is 0 Å². The maximum Gasteiger partial charge on any atom is 0.416 e. The van der Waals surface area contributed by atoms with Crippen LogP contribution in [0.2, 0.25) is 0 Å². The number of nitrogens with zero attached hydrogens (tertiary/aromatic N) is 2. The summed E-state index contributed by atoms with van der Waals surface area (Å²) < 4.78 is 38.6. The number of nitrogens with two attached hydrogens (primary N) is 1. The Labute approximate surface area is 162 Å². The van der Waals surface area contributed by atoms with Gasteiger partial charge < -0.3 is 15.5 Å². The van der Waals surface area contributed by atoms with Crippen LogP contribution in [0.15, 0.2) is 24.3 Å². The Morgan fingerprint density at radius 3 is 2.75 bits per heavy atom. The molecule has 0 aromatic heterocycles. The second kappa shape index (κ2) is 8.11. The molecule has 2 saturated heterocycles. The van der Waals surface area contributed by atoms with Crippen molar-refractivity contribution in [3.05, 3.63) is 35.4 Å². The molecule has 0 aliphatic carbocycles. The monoisotopic (exact) mass is 397 g/mol. The van der Waals surface area contributed by atoms with Crippen LogP contribution in [0.1, 0.15) is 37.3 Å². The van der Waals surface area contributed by atoms with Crippen molar-refractivity contribution >= 4 is 11.8 Å². The standard InChI is InChI=1S/C20H26F3N3O2/c1-13(24)15-5-3-7-25(11-15)19(28)16-9-18(27)26(12-16)10-14-4-2-6-17(8-14)20(21,22)23/h2,4,6,8,13,15-16H,3,5,7,9-12,24H2,1H3. The lowest BCUT2D eigenvalue weighted by Crippen LogP contribution is -2.47. The van der Waals surface area contributed by atoms with Crippen LogP contribution in [0.25, 0.3) is 0 Å². The van der Waals surface area contributed by atoms with E-state index >= 15 is 0 Å². The fourth-order valence-electron chi connectivity index (χ4n) is 4.05. The van der Waals surface area contributed by atoms with Crippen LogP contribution in [0.5, 0.6) is 0 Å². The van der Waals surface area contributed by atoms with E-state index in [1.165, 1.54) is 11.0 Å². The molecule has 154 valence electrons. The van der Waals surface area contributed by atoms with E-state index in [2.05, 4.69) is 0 Å². The zero-order valence-electron chi connectivity index (χ0n) is 15.9. The van der Waals surface area contributed by atoms with Crippen LogP contribution in [0.3, 0.4) is 0 Å². The summed E-state index contributed by atoms with van der Waals surface area (Å²) in [6.45, 7) is 3.53. The Hall–Kier alpha value is -2.09. The molecule has 0 spiro atoms. The predicted octanol–water partition coefficient (Wildman–Crippen LogP) is 2.64. The molecule has 2 N–H and O–H groups in total. The highest BCUT2D eigenvalue weighted by atomic mass is 19.4. The maximum atomic E-state index is 12.9. The Morgan fingerprint density at radius 1 is 1.32 bits per heavy atom. The van der Waals surface area contributed by atoms with Crippen molar-refractivity contribution in [2.45, 2.75) is 44.9 Å². The SMILES string of the molecule is CC(N)C1CCCN(C(=O)C2CC(=O)N(Cc3cccc(C(F)(F)F)c3)C2)C1. The number of amides is 2. The van der Waals surface area contributed by atoms with Crippen LogP contribution < -0.4 is 5.73 Å². The van der Waals surface area contributed by atoms with Crippen molar-refractivity contribution in [1.82, 2.24) is 9.80 Å². The number of benzene rings is 1. The Kier molecular flexibility index (Phi) is 5.98. The fraction of sp³-hybridized carbons (Fsp3) is 0.600. The molecule has 2 amide bonds. The average molecular weight is 397 g/mol. The van der Waals surface area contributed by atoms with Gasteiger partial charge in [0.25, 0.3) is 0 Å². The second-order valence-electron chi connectivity index (χ2n) is 7.92. The lowest BCUT2D eigenvalue weighted by molar-refractivity contribution is -0.138. The van der Waals surface area contributed by atoms with Gasteiger partial charge in [-0.2, -0.15) is 13.2 Å². The van der Waals surface area contributed by atoms with Gasteiger partial charge in [0.2, 0.25) is 11.8 Å². The van der Waals surface area contributed by atoms with Crippen LogP contribution in [-0.2, 0) is 22.3 Å². The van der Waals surface area contributed by atoms with Gasteiger partial charge in [0.15, 0.2) is 0 Å². The molecule has 8 heteroatoms. The summed E-state index contributed by atoms with van der Waals surface area (Å²) >= 11 is 0. The van der Waals surface area contributed by atoms with Gasteiger partial charge in [-0.3, -0.25) is 9.59 Å². The Bertz CT molecular complexity index is 736. The smallest absolute Gasteiger partial charge is 0.342 e. The Balaban J connectivity index is 1.63. The van der Waals surface area contributed by atoms with E-state index < -0.39 is 17.7 Å². The summed E-state index contributed by atoms with van der Waals surface area (Å²) in [5.41, 5.74) is 5.65. The average Bonchev–Trinajstić information content (AvgIpc) is 3.01. The van der Waals surface area contributed by atoms with Crippen LogP contribution in [-0.4, -0.2) is 47.3 Å². The van der Waals surface area contributed by atoms with Crippen molar-refractivity contribution in [1.29, 1.82) is 0 Å². The normalized spacial score (nSPS) is 24.5. The first-order chi connectivity index (χ1) is 13.1. The number of rotatable bonds is 4. The van der Waals surface area contributed by atoms with Crippen molar-refractivity contribution in [3.63, 3.8) is 0 Å². The summed E-state index contributed by atoms with van der Waals surface area (Å²) in [6.07, 6.45) is -2.43. The molecule has 3 unspecified atom stereocenters. The number of carbonyl (C=O) groups is 2. The number of hydrogen-bond acceptors (Lipinski definition) is 3. The Morgan fingerprint density at radius 2 is 2.07 bits per heavy atom. The van der Waals surface area contributed by atoms with Crippen molar-refractivity contribution in [3.8, 4) is 0 Å². The number of alkyl halides is 3. The first-order valence-electron chi connectivity index (χ1n) is 9.63. The van der Waals surface area contributed by atoms with E-state index in [9.17, 15) is 22.8 Å². The highest BCUT2D eigenvalue weighted by molar-refractivity contribution is 5.89. The van der Waals surface area contributed by atoms with Crippen molar-refractivity contribution in [2.24, 2.45) is 17.6 Å². The van der Waals surface area contributed by atoms with Crippen LogP contribution >= 0.6 is 0 Å². The number of hydrogen-bond donors (Lipinski definition) is 1. The summed E-state index contributed by atoms with van der Waals surface area (Å²) in [5, 5.41) is 0. The lowest BCUT2D eigenvalue weighted by Gasteiger charge is -2.35. The molecular formula is C20H26F3N3O2. The van der Waals surface area contributed by atoms with E-state index in [0.29, 0.717) is 18.7 Å². The highest BCUT2D eigenvalue weighted by Crippen LogP contribution is 2.31. The molecule has 2 aliphatic heterocycles. The topological polar surface area (TPSA) is 66.6 Å².